The van der Waals surface area contributed by atoms with E-state index in [9.17, 15) is 8.42 Å². The summed E-state index contributed by atoms with van der Waals surface area (Å²) in [6, 6.07) is 0.489. The van der Waals surface area contributed by atoms with E-state index in [0.29, 0.717) is 51.3 Å². The summed E-state index contributed by atoms with van der Waals surface area (Å²) >= 11 is 0. The van der Waals surface area contributed by atoms with E-state index in [4.69, 9.17) is 9.15 Å². The lowest BCUT2D eigenvalue weighted by atomic mass is 9.81. The maximum atomic E-state index is 12.3. The first-order valence-corrected chi connectivity index (χ1v) is 9.66. The average molecular weight is 344 g/mol. The fourth-order valence-corrected chi connectivity index (χ4v) is 4.64. The third-order valence-electron chi connectivity index (χ3n) is 4.61. The molecule has 9 heteroatoms. The number of rotatable bonds is 3. The van der Waals surface area contributed by atoms with Crippen molar-refractivity contribution >= 4 is 16.0 Å². The highest BCUT2D eigenvalue weighted by atomic mass is 32.2. The summed E-state index contributed by atoms with van der Waals surface area (Å²) in [5, 5.41) is 7.98. The number of aryl methyl sites for hydroxylation is 1. The van der Waals surface area contributed by atoms with Crippen LogP contribution < -0.4 is 4.90 Å². The number of ether oxygens (including phenoxy) is 1. The minimum atomic E-state index is -3.18. The SMILES string of the molecule is CCS(=O)(=O)N1CCCC2(COCCN(c3nnc(C)o3)C2)C1. The van der Waals surface area contributed by atoms with Crippen molar-refractivity contribution in [1.82, 2.24) is 14.5 Å². The fraction of sp³-hybridized carbons (Fsp3) is 0.857. The van der Waals surface area contributed by atoms with Crippen LogP contribution in [0.5, 0.6) is 0 Å². The topological polar surface area (TPSA) is 88.8 Å². The lowest BCUT2D eigenvalue weighted by molar-refractivity contribution is 0.0350. The van der Waals surface area contributed by atoms with E-state index in [1.165, 1.54) is 0 Å². The summed E-state index contributed by atoms with van der Waals surface area (Å²) in [4.78, 5) is 2.02. The first-order valence-electron chi connectivity index (χ1n) is 8.05. The molecule has 8 nitrogen and oxygen atoms in total. The minimum Gasteiger partial charge on any atom is -0.408 e. The summed E-state index contributed by atoms with van der Waals surface area (Å²) in [5.41, 5.74) is -0.223. The standard InChI is InChI=1S/C14H24N4O4S/c1-3-23(19,20)18-6-4-5-14(10-18)9-17(7-8-21-11-14)13-16-15-12(2)22-13/h3-11H2,1-2H3. The van der Waals surface area contributed by atoms with Crippen molar-refractivity contribution in [3.8, 4) is 0 Å². The van der Waals surface area contributed by atoms with E-state index in [1.54, 1.807) is 18.2 Å². The molecule has 3 rings (SSSR count). The van der Waals surface area contributed by atoms with E-state index in [-0.39, 0.29) is 11.2 Å². The van der Waals surface area contributed by atoms with Crippen molar-refractivity contribution < 1.29 is 17.6 Å². The number of sulfonamides is 1. The average Bonchev–Trinajstić information content (AvgIpc) is 2.87. The first kappa shape index (κ1) is 16.7. The summed E-state index contributed by atoms with van der Waals surface area (Å²) in [6.07, 6.45) is 1.78. The number of hydrogen-bond donors (Lipinski definition) is 0. The van der Waals surface area contributed by atoms with Gasteiger partial charge in [0.25, 0.3) is 0 Å². The van der Waals surface area contributed by atoms with E-state index in [0.717, 1.165) is 12.8 Å². The van der Waals surface area contributed by atoms with Gasteiger partial charge in [0.1, 0.15) is 0 Å². The van der Waals surface area contributed by atoms with Gasteiger partial charge < -0.3 is 14.1 Å². The summed E-state index contributed by atoms with van der Waals surface area (Å²) < 4.78 is 37.4. The van der Waals surface area contributed by atoms with Gasteiger partial charge >= 0.3 is 6.01 Å². The highest BCUT2D eigenvalue weighted by molar-refractivity contribution is 7.89. The molecule has 2 aliphatic rings. The van der Waals surface area contributed by atoms with Gasteiger partial charge in [-0.25, -0.2) is 12.7 Å². The molecule has 0 bridgehead atoms. The van der Waals surface area contributed by atoms with Crippen molar-refractivity contribution in [3.05, 3.63) is 5.89 Å². The van der Waals surface area contributed by atoms with Crippen LogP contribution >= 0.6 is 0 Å². The summed E-state index contributed by atoms with van der Waals surface area (Å²) in [7, 11) is -3.18. The van der Waals surface area contributed by atoms with Crippen LogP contribution in [-0.2, 0) is 14.8 Å². The van der Waals surface area contributed by atoms with Crippen LogP contribution in [0.2, 0.25) is 0 Å². The lowest BCUT2D eigenvalue weighted by Gasteiger charge is -2.42. The van der Waals surface area contributed by atoms with E-state index < -0.39 is 10.0 Å². The molecule has 1 aromatic rings. The van der Waals surface area contributed by atoms with Gasteiger partial charge in [-0.15, -0.1) is 5.10 Å². The highest BCUT2D eigenvalue weighted by Crippen LogP contribution is 2.35. The monoisotopic (exact) mass is 344 g/mol. The molecular formula is C14H24N4O4S. The van der Waals surface area contributed by atoms with Crippen LogP contribution in [0, 0.1) is 12.3 Å². The molecular weight excluding hydrogens is 320 g/mol. The van der Waals surface area contributed by atoms with E-state index in [2.05, 4.69) is 10.2 Å². The Balaban J connectivity index is 1.81. The number of anilines is 1. The minimum absolute atomic E-state index is 0.135. The molecule has 2 aliphatic heterocycles. The molecule has 0 amide bonds. The van der Waals surface area contributed by atoms with Crippen LogP contribution in [-0.4, -0.2) is 68.1 Å². The van der Waals surface area contributed by atoms with Crippen molar-refractivity contribution in [2.75, 3.05) is 50.0 Å². The second kappa shape index (κ2) is 6.37. The quantitative estimate of drug-likeness (QED) is 0.795. The van der Waals surface area contributed by atoms with Gasteiger partial charge in [0.15, 0.2) is 0 Å². The second-order valence-electron chi connectivity index (χ2n) is 6.42. The summed E-state index contributed by atoms with van der Waals surface area (Å²) in [5.74, 6) is 0.661. The number of hydrogen-bond acceptors (Lipinski definition) is 7. The van der Waals surface area contributed by atoms with Gasteiger partial charge in [-0.05, 0) is 19.8 Å². The Labute approximate surface area is 136 Å². The molecule has 0 saturated carbocycles. The van der Waals surface area contributed by atoms with Crippen LogP contribution in [0.15, 0.2) is 4.42 Å². The molecule has 1 aromatic heterocycles. The van der Waals surface area contributed by atoms with Gasteiger partial charge in [-0.2, -0.15) is 0 Å². The molecule has 0 aromatic carbocycles. The van der Waals surface area contributed by atoms with Crippen molar-refractivity contribution in [1.29, 1.82) is 0 Å². The Kier molecular flexibility index (Phi) is 4.61. The number of nitrogens with zero attached hydrogens (tertiary/aromatic N) is 4. The Morgan fingerprint density at radius 1 is 1.26 bits per heavy atom. The molecule has 3 heterocycles. The predicted octanol–water partition coefficient (Wildman–Crippen LogP) is 0.647. The van der Waals surface area contributed by atoms with Crippen LogP contribution in [0.1, 0.15) is 25.7 Å². The van der Waals surface area contributed by atoms with Crippen molar-refractivity contribution in [2.24, 2.45) is 5.41 Å². The van der Waals surface area contributed by atoms with Crippen LogP contribution in [0.25, 0.3) is 0 Å². The predicted molar refractivity (Wildman–Crippen MR) is 84.8 cm³/mol. The van der Waals surface area contributed by atoms with E-state index in [1.807, 2.05) is 4.90 Å². The molecule has 130 valence electrons. The van der Waals surface area contributed by atoms with Gasteiger partial charge in [0, 0.05) is 38.5 Å². The van der Waals surface area contributed by atoms with Gasteiger partial charge in [-0.3, -0.25) is 0 Å². The van der Waals surface area contributed by atoms with Crippen LogP contribution in [0.4, 0.5) is 6.01 Å². The van der Waals surface area contributed by atoms with E-state index >= 15 is 0 Å². The second-order valence-corrected chi connectivity index (χ2v) is 8.67. The molecule has 23 heavy (non-hydrogen) atoms. The largest absolute Gasteiger partial charge is 0.408 e. The lowest BCUT2D eigenvalue weighted by Crippen LogP contribution is -2.52. The van der Waals surface area contributed by atoms with Gasteiger partial charge in [0.2, 0.25) is 15.9 Å². The zero-order chi connectivity index (χ0) is 16.5. The number of piperidine rings is 1. The zero-order valence-corrected chi connectivity index (χ0v) is 14.5. The molecule has 2 fully saturated rings. The van der Waals surface area contributed by atoms with Crippen molar-refractivity contribution in [2.45, 2.75) is 26.7 Å². The van der Waals surface area contributed by atoms with Crippen molar-refractivity contribution in [3.63, 3.8) is 0 Å². The Hall–Kier alpha value is -1.19. The maximum absolute atomic E-state index is 12.3. The Morgan fingerprint density at radius 3 is 2.78 bits per heavy atom. The van der Waals surface area contributed by atoms with Gasteiger partial charge in [-0.1, -0.05) is 5.10 Å². The molecule has 2 saturated heterocycles. The molecule has 1 atom stereocenters. The third-order valence-corrected chi connectivity index (χ3v) is 6.44. The highest BCUT2D eigenvalue weighted by Gasteiger charge is 2.42. The molecule has 0 aliphatic carbocycles. The van der Waals surface area contributed by atoms with Crippen LogP contribution in [0.3, 0.4) is 0 Å². The Bertz CT molecular complexity index is 647. The summed E-state index contributed by atoms with van der Waals surface area (Å²) in [6.45, 7) is 7.01. The molecule has 0 N–H and O–H groups in total. The maximum Gasteiger partial charge on any atom is 0.318 e. The fourth-order valence-electron chi connectivity index (χ4n) is 3.40. The number of aromatic nitrogens is 2. The molecule has 1 spiro atoms. The smallest absolute Gasteiger partial charge is 0.318 e. The zero-order valence-electron chi connectivity index (χ0n) is 13.7. The normalized spacial score (nSPS) is 27.3. The third kappa shape index (κ3) is 3.51. The molecule has 0 radical (unpaired) electrons. The first-order chi connectivity index (χ1) is 10.9. The Morgan fingerprint density at radius 2 is 2.09 bits per heavy atom. The molecule has 1 unspecified atom stereocenters. The van der Waals surface area contributed by atoms with Gasteiger partial charge in [0.05, 0.1) is 19.0 Å².